The molecule has 0 aliphatic carbocycles. The lowest BCUT2D eigenvalue weighted by Gasteiger charge is -2.14. The quantitative estimate of drug-likeness (QED) is 0.182. The van der Waals surface area contributed by atoms with Crippen LogP contribution in [0.1, 0.15) is 0 Å². The predicted molar refractivity (Wildman–Crippen MR) is 207 cm³/mol. The van der Waals surface area contributed by atoms with Gasteiger partial charge >= 0.3 is 0 Å². The van der Waals surface area contributed by atoms with Gasteiger partial charge in [0.15, 0.2) is 17.5 Å². The molecule has 0 saturated carbocycles. The molecule has 9 rings (SSSR count). The lowest BCUT2D eigenvalue weighted by atomic mass is 9.91. The summed E-state index contributed by atoms with van der Waals surface area (Å²) in [6.07, 6.45) is 0. The molecule has 0 unspecified atom stereocenters. The normalized spacial score (nSPS) is 11.2. The van der Waals surface area contributed by atoms with Gasteiger partial charge in [0.25, 0.3) is 0 Å². The van der Waals surface area contributed by atoms with E-state index in [9.17, 15) is 0 Å². The third-order valence-electron chi connectivity index (χ3n) is 9.34. The van der Waals surface area contributed by atoms with Crippen molar-refractivity contribution in [1.29, 1.82) is 0 Å². The van der Waals surface area contributed by atoms with Crippen LogP contribution in [0.25, 0.3) is 89.1 Å². The van der Waals surface area contributed by atoms with Gasteiger partial charge in [-0.25, -0.2) is 15.0 Å². The number of benzene rings is 8. The summed E-state index contributed by atoms with van der Waals surface area (Å²) in [4.78, 5) is 15.3. The molecule has 0 saturated heterocycles. The Kier molecular flexibility index (Phi) is 7.49. The average molecular weight is 638 g/mol. The third kappa shape index (κ3) is 5.51. The first-order valence-electron chi connectivity index (χ1n) is 16.9. The van der Waals surface area contributed by atoms with E-state index in [2.05, 4.69) is 164 Å². The van der Waals surface area contributed by atoms with Gasteiger partial charge in [-0.2, -0.15) is 0 Å². The molecule has 3 nitrogen and oxygen atoms in total. The minimum atomic E-state index is 0.636. The van der Waals surface area contributed by atoms with Crippen LogP contribution in [0.3, 0.4) is 0 Å². The third-order valence-corrected chi connectivity index (χ3v) is 9.34. The molecule has 0 fully saturated rings. The molecule has 0 bridgehead atoms. The van der Waals surface area contributed by atoms with Crippen LogP contribution in [0.4, 0.5) is 0 Å². The number of hydrogen-bond donors (Lipinski definition) is 0. The maximum absolute atomic E-state index is 5.18. The zero-order chi connectivity index (χ0) is 33.3. The van der Waals surface area contributed by atoms with Crippen LogP contribution in [0, 0.1) is 0 Å². The second-order valence-electron chi connectivity index (χ2n) is 12.4. The molecule has 3 heteroatoms. The first-order chi connectivity index (χ1) is 24.8. The fourth-order valence-corrected chi connectivity index (χ4v) is 6.87. The van der Waals surface area contributed by atoms with Crippen LogP contribution in [0.15, 0.2) is 188 Å². The summed E-state index contributed by atoms with van der Waals surface area (Å²) in [6, 6.07) is 65.8. The summed E-state index contributed by atoms with van der Waals surface area (Å²) in [5, 5.41) is 4.67. The molecule has 9 aromatic rings. The van der Waals surface area contributed by atoms with Crippen LogP contribution < -0.4 is 0 Å². The van der Waals surface area contributed by atoms with Gasteiger partial charge in [0.05, 0.1) is 0 Å². The molecule has 1 aromatic heterocycles. The molecule has 1 heterocycles. The molecule has 0 aliphatic rings. The summed E-state index contributed by atoms with van der Waals surface area (Å²) in [7, 11) is 0. The zero-order valence-electron chi connectivity index (χ0n) is 27.2. The van der Waals surface area contributed by atoms with E-state index >= 15 is 0 Å². The van der Waals surface area contributed by atoms with Crippen molar-refractivity contribution in [3.8, 4) is 67.5 Å². The summed E-state index contributed by atoms with van der Waals surface area (Å²) >= 11 is 0. The van der Waals surface area contributed by atoms with E-state index in [1.165, 1.54) is 33.0 Å². The second-order valence-corrected chi connectivity index (χ2v) is 12.4. The first-order valence-corrected chi connectivity index (χ1v) is 16.9. The van der Waals surface area contributed by atoms with E-state index in [0.717, 1.165) is 38.6 Å². The van der Waals surface area contributed by atoms with Gasteiger partial charge in [-0.05, 0) is 67.1 Å². The number of fused-ring (bicyclic) bond motifs is 2. The standard InChI is InChI=1S/C47H31N3/c1-4-14-32(15-5-1)36-27-26-34-20-13-25-43(44(34)31-36)47-49-45(35-18-8-3-9-19-35)48-46(50-47)38-22-12-21-37(30-38)40-29-28-39(33-16-6-2-7-17-33)41-23-10-11-24-42(40)41/h1-31H. The highest BCUT2D eigenvalue weighted by atomic mass is 15.0. The summed E-state index contributed by atoms with van der Waals surface area (Å²) in [5.41, 5.74) is 9.89. The van der Waals surface area contributed by atoms with Crippen molar-refractivity contribution in [2.24, 2.45) is 0 Å². The van der Waals surface area contributed by atoms with Crippen molar-refractivity contribution in [1.82, 2.24) is 15.0 Å². The van der Waals surface area contributed by atoms with E-state index in [4.69, 9.17) is 15.0 Å². The van der Waals surface area contributed by atoms with Crippen molar-refractivity contribution in [3.05, 3.63) is 188 Å². The molecule has 0 radical (unpaired) electrons. The fourth-order valence-electron chi connectivity index (χ4n) is 6.87. The van der Waals surface area contributed by atoms with Gasteiger partial charge < -0.3 is 0 Å². The topological polar surface area (TPSA) is 38.7 Å². The Labute approximate surface area is 291 Å². The Morgan fingerprint density at radius 2 is 0.760 bits per heavy atom. The van der Waals surface area contributed by atoms with Gasteiger partial charge in [0.1, 0.15) is 0 Å². The van der Waals surface area contributed by atoms with E-state index < -0.39 is 0 Å². The molecule has 0 N–H and O–H groups in total. The van der Waals surface area contributed by atoms with Gasteiger partial charge in [0.2, 0.25) is 0 Å². The number of rotatable bonds is 6. The van der Waals surface area contributed by atoms with E-state index in [1.807, 2.05) is 24.3 Å². The van der Waals surface area contributed by atoms with Gasteiger partial charge in [-0.15, -0.1) is 0 Å². The average Bonchev–Trinajstić information content (AvgIpc) is 3.21. The van der Waals surface area contributed by atoms with Crippen molar-refractivity contribution in [3.63, 3.8) is 0 Å². The molecule has 0 aliphatic heterocycles. The highest BCUT2D eigenvalue weighted by Gasteiger charge is 2.16. The van der Waals surface area contributed by atoms with Gasteiger partial charge in [-0.3, -0.25) is 0 Å². The molecule has 0 amide bonds. The highest BCUT2D eigenvalue weighted by Crippen LogP contribution is 2.37. The second kappa shape index (κ2) is 12.7. The minimum Gasteiger partial charge on any atom is -0.208 e. The lowest BCUT2D eigenvalue weighted by molar-refractivity contribution is 1.08. The smallest absolute Gasteiger partial charge is 0.164 e. The minimum absolute atomic E-state index is 0.636. The summed E-state index contributed by atoms with van der Waals surface area (Å²) in [5.74, 6) is 1.93. The Morgan fingerprint density at radius 1 is 0.240 bits per heavy atom. The van der Waals surface area contributed by atoms with Crippen molar-refractivity contribution >= 4 is 21.5 Å². The molecule has 8 aromatic carbocycles. The number of nitrogens with zero attached hydrogens (tertiary/aromatic N) is 3. The van der Waals surface area contributed by atoms with Crippen molar-refractivity contribution in [2.45, 2.75) is 0 Å². The zero-order valence-corrected chi connectivity index (χ0v) is 27.2. The number of hydrogen-bond acceptors (Lipinski definition) is 3. The maximum atomic E-state index is 5.18. The summed E-state index contributed by atoms with van der Waals surface area (Å²) < 4.78 is 0. The van der Waals surface area contributed by atoms with Crippen LogP contribution in [-0.2, 0) is 0 Å². The molecule has 0 spiro atoms. The van der Waals surface area contributed by atoms with Gasteiger partial charge in [-0.1, -0.05) is 176 Å². The molecule has 234 valence electrons. The van der Waals surface area contributed by atoms with E-state index in [1.54, 1.807) is 0 Å². The lowest BCUT2D eigenvalue weighted by Crippen LogP contribution is -2.00. The highest BCUT2D eigenvalue weighted by molar-refractivity contribution is 6.05. The number of aromatic nitrogens is 3. The monoisotopic (exact) mass is 637 g/mol. The Bertz CT molecular complexity index is 2630. The largest absolute Gasteiger partial charge is 0.208 e. The molecular weight excluding hydrogens is 607 g/mol. The Morgan fingerprint density at radius 3 is 1.46 bits per heavy atom. The Hall–Kier alpha value is -6.71. The predicted octanol–water partition coefficient (Wildman–Crippen LogP) is 12.2. The SMILES string of the molecule is c1ccc(-c2ccc3cccc(-c4nc(-c5ccccc5)nc(-c5cccc(-c6ccc(-c7ccccc7)c7ccccc67)c5)n4)c3c2)cc1. The maximum Gasteiger partial charge on any atom is 0.164 e. The van der Waals surface area contributed by atoms with E-state index in [0.29, 0.717) is 17.5 Å². The fraction of sp³-hybridized carbons (Fsp3) is 0. The summed E-state index contributed by atoms with van der Waals surface area (Å²) in [6.45, 7) is 0. The van der Waals surface area contributed by atoms with Crippen molar-refractivity contribution < 1.29 is 0 Å². The first kappa shape index (κ1) is 29.4. The Balaban J connectivity index is 1.20. The van der Waals surface area contributed by atoms with Crippen molar-refractivity contribution in [2.75, 3.05) is 0 Å². The van der Waals surface area contributed by atoms with Gasteiger partial charge in [0, 0.05) is 16.7 Å². The molecule has 50 heavy (non-hydrogen) atoms. The molecule has 0 atom stereocenters. The molecular formula is C47H31N3. The van der Waals surface area contributed by atoms with Crippen LogP contribution in [0.2, 0.25) is 0 Å². The van der Waals surface area contributed by atoms with E-state index in [-0.39, 0.29) is 0 Å². The van der Waals surface area contributed by atoms with Crippen LogP contribution in [0.5, 0.6) is 0 Å². The van der Waals surface area contributed by atoms with Crippen LogP contribution in [-0.4, -0.2) is 15.0 Å². The van der Waals surface area contributed by atoms with Crippen LogP contribution >= 0.6 is 0 Å².